The van der Waals surface area contributed by atoms with Gasteiger partial charge in [-0.2, -0.15) is 0 Å². The maximum Gasteiger partial charge on any atom is 0.360 e. The van der Waals surface area contributed by atoms with Gasteiger partial charge in [0, 0.05) is 17.1 Å². The van der Waals surface area contributed by atoms with Gasteiger partial charge in [0.25, 0.3) is 0 Å². The maximum atomic E-state index is 11.6. The van der Waals surface area contributed by atoms with Crippen LogP contribution in [-0.4, -0.2) is 39.6 Å². The van der Waals surface area contributed by atoms with E-state index in [1.165, 1.54) is 7.11 Å². The third-order valence-electron chi connectivity index (χ3n) is 2.70. The van der Waals surface area contributed by atoms with Gasteiger partial charge in [0.05, 0.1) is 25.0 Å². The number of hydrogen-bond donors (Lipinski definition) is 1. The number of rotatable bonds is 5. The predicted octanol–water partition coefficient (Wildman–Crippen LogP) is 0.772. The summed E-state index contributed by atoms with van der Waals surface area (Å²) in [6.07, 6.45) is 2.20. The van der Waals surface area contributed by atoms with Gasteiger partial charge >= 0.3 is 5.97 Å². The molecule has 2 aromatic heterocycles. The third kappa shape index (κ3) is 3.20. The second-order valence-electron chi connectivity index (χ2n) is 4.04. The summed E-state index contributed by atoms with van der Waals surface area (Å²) in [6.45, 7) is 0.817. The molecule has 7 nitrogen and oxygen atoms in total. The van der Waals surface area contributed by atoms with E-state index in [0.29, 0.717) is 25.2 Å². The summed E-state index contributed by atoms with van der Waals surface area (Å²) in [5, 5.41) is 7.85. The van der Waals surface area contributed by atoms with Crippen LogP contribution in [0.1, 0.15) is 21.9 Å². The average molecular weight is 340 g/mol. The summed E-state index contributed by atoms with van der Waals surface area (Å²) in [5.74, 6) is -0.511. The Balaban J connectivity index is 2.29. The number of pyridine rings is 1. The number of hydrogen-bond acceptors (Lipinski definition) is 6. The van der Waals surface area contributed by atoms with Crippen LogP contribution in [-0.2, 0) is 17.7 Å². The average Bonchev–Trinajstić information content (AvgIpc) is 2.84. The molecule has 0 aliphatic heterocycles. The fraction of sp³-hybridized carbons (Fsp3) is 0.333. The number of methoxy groups -OCH3 is 1. The minimum Gasteiger partial charge on any atom is -0.464 e. The SMILES string of the molecule is COC(=O)c1nnn(Cc2ccc(Br)cn2)c1CCN. The highest BCUT2D eigenvalue weighted by Gasteiger charge is 2.19. The highest BCUT2D eigenvalue weighted by Crippen LogP contribution is 2.12. The number of esters is 1. The smallest absolute Gasteiger partial charge is 0.360 e. The summed E-state index contributed by atoms with van der Waals surface area (Å²) < 4.78 is 7.21. The second-order valence-corrected chi connectivity index (χ2v) is 4.96. The molecule has 0 spiro atoms. The molecule has 0 radical (unpaired) electrons. The zero-order valence-electron chi connectivity index (χ0n) is 10.9. The summed E-state index contributed by atoms with van der Waals surface area (Å²) >= 11 is 3.33. The molecule has 2 rings (SSSR count). The van der Waals surface area contributed by atoms with Gasteiger partial charge in [-0.1, -0.05) is 5.21 Å². The van der Waals surface area contributed by atoms with Gasteiger partial charge < -0.3 is 10.5 Å². The van der Waals surface area contributed by atoms with Crippen LogP contribution in [0.15, 0.2) is 22.8 Å². The van der Waals surface area contributed by atoms with E-state index >= 15 is 0 Å². The molecule has 106 valence electrons. The Kier molecular flexibility index (Phi) is 4.80. The first-order valence-corrected chi connectivity index (χ1v) is 6.76. The largest absolute Gasteiger partial charge is 0.464 e. The Morgan fingerprint density at radius 3 is 2.90 bits per heavy atom. The van der Waals surface area contributed by atoms with Crippen LogP contribution in [0, 0.1) is 0 Å². The predicted molar refractivity (Wildman–Crippen MR) is 75.2 cm³/mol. The van der Waals surface area contributed by atoms with Gasteiger partial charge in [-0.3, -0.25) is 4.98 Å². The Bertz CT molecular complexity index is 596. The standard InChI is InChI=1S/C12H14BrN5O2/c1-20-12(19)11-10(4-5-14)18(17-16-11)7-9-3-2-8(13)6-15-9/h2-3,6H,4-5,7,14H2,1H3. The molecule has 0 aliphatic rings. The number of nitrogens with two attached hydrogens (primary N) is 1. The van der Waals surface area contributed by atoms with E-state index in [1.807, 2.05) is 12.1 Å². The van der Waals surface area contributed by atoms with Gasteiger partial charge in [0.15, 0.2) is 5.69 Å². The molecule has 0 unspecified atom stereocenters. The van der Waals surface area contributed by atoms with Gasteiger partial charge in [-0.25, -0.2) is 9.48 Å². The van der Waals surface area contributed by atoms with Gasteiger partial charge in [-0.15, -0.1) is 5.10 Å². The Morgan fingerprint density at radius 2 is 2.30 bits per heavy atom. The number of ether oxygens (including phenoxy) is 1. The van der Waals surface area contributed by atoms with Crippen molar-refractivity contribution in [3.05, 3.63) is 39.9 Å². The van der Waals surface area contributed by atoms with Crippen molar-refractivity contribution in [2.45, 2.75) is 13.0 Å². The molecular formula is C12H14BrN5O2. The molecule has 0 saturated heterocycles. The lowest BCUT2D eigenvalue weighted by molar-refractivity contribution is 0.0592. The molecule has 0 aromatic carbocycles. The Morgan fingerprint density at radius 1 is 1.50 bits per heavy atom. The molecule has 8 heteroatoms. The zero-order valence-corrected chi connectivity index (χ0v) is 12.5. The first-order valence-electron chi connectivity index (χ1n) is 5.97. The van der Waals surface area contributed by atoms with E-state index in [4.69, 9.17) is 5.73 Å². The second kappa shape index (κ2) is 6.58. The van der Waals surface area contributed by atoms with E-state index in [0.717, 1.165) is 10.2 Å². The van der Waals surface area contributed by atoms with Crippen molar-refractivity contribution in [2.24, 2.45) is 5.73 Å². The van der Waals surface area contributed by atoms with Crippen LogP contribution in [0.25, 0.3) is 0 Å². The Hall–Kier alpha value is -1.80. The van der Waals surface area contributed by atoms with E-state index in [1.54, 1.807) is 10.9 Å². The molecule has 0 fully saturated rings. The van der Waals surface area contributed by atoms with Crippen LogP contribution >= 0.6 is 15.9 Å². The highest BCUT2D eigenvalue weighted by molar-refractivity contribution is 9.10. The van der Waals surface area contributed by atoms with E-state index in [9.17, 15) is 4.79 Å². The van der Waals surface area contributed by atoms with Crippen molar-refractivity contribution in [1.82, 2.24) is 20.0 Å². The van der Waals surface area contributed by atoms with Crippen molar-refractivity contribution < 1.29 is 9.53 Å². The van der Waals surface area contributed by atoms with Crippen molar-refractivity contribution in [2.75, 3.05) is 13.7 Å². The molecular weight excluding hydrogens is 326 g/mol. The van der Waals surface area contributed by atoms with Gasteiger partial charge in [-0.05, 0) is 34.6 Å². The number of halogens is 1. The van der Waals surface area contributed by atoms with E-state index in [-0.39, 0.29) is 5.69 Å². The van der Waals surface area contributed by atoms with Crippen molar-refractivity contribution in [1.29, 1.82) is 0 Å². The molecule has 0 amide bonds. The topological polar surface area (TPSA) is 95.9 Å². The number of nitrogens with zero attached hydrogens (tertiary/aromatic N) is 4. The minimum absolute atomic E-state index is 0.204. The van der Waals surface area contributed by atoms with E-state index in [2.05, 4.69) is 36.0 Å². The molecule has 0 atom stereocenters. The molecule has 0 bridgehead atoms. The third-order valence-corrected chi connectivity index (χ3v) is 3.17. The maximum absolute atomic E-state index is 11.6. The first-order chi connectivity index (χ1) is 9.65. The number of carbonyl (C=O) groups is 1. The fourth-order valence-electron chi connectivity index (χ4n) is 1.75. The fourth-order valence-corrected chi connectivity index (χ4v) is 1.99. The summed E-state index contributed by atoms with van der Waals surface area (Å²) in [5.41, 5.74) is 7.24. The lowest BCUT2D eigenvalue weighted by atomic mass is 10.2. The monoisotopic (exact) mass is 339 g/mol. The van der Waals surface area contributed by atoms with Crippen LogP contribution in [0.3, 0.4) is 0 Å². The summed E-state index contributed by atoms with van der Waals surface area (Å²) in [6, 6.07) is 3.76. The molecule has 2 aromatic rings. The van der Waals surface area contributed by atoms with Gasteiger partial charge in [0.2, 0.25) is 0 Å². The molecule has 2 heterocycles. The molecule has 20 heavy (non-hydrogen) atoms. The Labute approximate surface area is 124 Å². The van der Waals surface area contributed by atoms with Crippen LogP contribution in [0.4, 0.5) is 0 Å². The van der Waals surface area contributed by atoms with Crippen molar-refractivity contribution >= 4 is 21.9 Å². The molecule has 2 N–H and O–H groups in total. The van der Waals surface area contributed by atoms with Gasteiger partial charge in [0.1, 0.15) is 0 Å². The molecule has 0 saturated carbocycles. The van der Waals surface area contributed by atoms with E-state index < -0.39 is 5.97 Å². The number of carbonyl (C=O) groups excluding carboxylic acids is 1. The van der Waals surface area contributed by atoms with Crippen LogP contribution < -0.4 is 5.73 Å². The lowest BCUT2D eigenvalue weighted by Crippen LogP contribution is -2.15. The lowest BCUT2D eigenvalue weighted by Gasteiger charge is -2.06. The van der Waals surface area contributed by atoms with Crippen LogP contribution in [0.2, 0.25) is 0 Å². The van der Waals surface area contributed by atoms with Crippen molar-refractivity contribution in [3.8, 4) is 0 Å². The van der Waals surface area contributed by atoms with Crippen molar-refractivity contribution in [3.63, 3.8) is 0 Å². The quantitative estimate of drug-likeness (QED) is 0.808. The summed E-state index contributed by atoms with van der Waals surface area (Å²) in [7, 11) is 1.31. The normalized spacial score (nSPS) is 10.6. The molecule has 0 aliphatic carbocycles. The highest BCUT2D eigenvalue weighted by atomic mass is 79.9. The first kappa shape index (κ1) is 14.6. The zero-order chi connectivity index (χ0) is 14.5. The van der Waals surface area contributed by atoms with Crippen LogP contribution in [0.5, 0.6) is 0 Å². The minimum atomic E-state index is -0.511. The summed E-state index contributed by atoms with van der Waals surface area (Å²) in [4.78, 5) is 15.9. The number of aromatic nitrogens is 4.